The van der Waals surface area contributed by atoms with Crippen LogP contribution in [0, 0.1) is 12.8 Å². The lowest BCUT2D eigenvalue weighted by Crippen LogP contribution is -2.52. The van der Waals surface area contributed by atoms with Crippen LogP contribution in [-0.2, 0) is 10.0 Å². The third kappa shape index (κ3) is 5.26. The van der Waals surface area contributed by atoms with Crippen molar-refractivity contribution < 1.29 is 13.2 Å². The maximum atomic E-state index is 12.8. The standard InChI is InChI=1S/C18H29N3O3S/c1-12(2)10-18(4,11-19)20-17(22)16-9-15(8-5-13(16)3)25(23,24)21-14-6-7-14/h5,8-9,12,14,21H,6-7,10-11,19H2,1-4H3,(H,20,22). The lowest BCUT2D eigenvalue weighted by molar-refractivity contribution is 0.0897. The van der Waals surface area contributed by atoms with Crippen molar-refractivity contribution in [2.45, 2.75) is 63.4 Å². The third-order valence-electron chi connectivity index (χ3n) is 4.39. The van der Waals surface area contributed by atoms with Gasteiger partial charge in [0, 0.05) is 23.7 Å². The first kappa shape index (κ1) is 19.9. The smallest absolute Gasteiger partial charge is 0.252 e. The second-order valence-electron chi connectivity index (χ2n) is 7.69. The van der Waals surface area contributed by atoms with Crippen molar-refractivity contribution >= 4 is 15.9 Å². The summed E-state index contributed by atoms with van der Waals surface area (Å²) in [4.78, 5) is 12.9. The number of hydrogen-bond acceptors (Lipinski definition) is 4. The number of rotatable bonds is 8. The fraction of sp³-hybridized carbons (Fsp3) is 0.611. The van der Waals surface area contributed by atoms with E-state index in [2.05, 4.69) is 23.9 Å². The minimum Gasteiger partial charge on any atom is -0.346 e. The first-order valence-corrected chi connectivity index (χ1v) is 10.2. The molecule has 1 aliphatic rings. The van der Waals surface area contributed by atoms with Crippen molar-refractivity contribution in [1.82, 2.24) is 10.0 Å². The largest absolute Gasteiger partial charge is 0.346 e. The molecule has 1 aliphatic carbocycles. The van der Waals surface area contributed by atoms with Crippen LogP contribution in [0.1, 0.15) is 56.0 Å². The first-order chi connectivity index (χ1) is 11.6. The average molecular weight is 368 g/mol. The Morgan fingerprint density at radius 3 is 2.52 bits per heavy atom. The van der Waals surface area contributed by atoms with Gasteiger partial charge in [0.1, 0.15) is 0 Å². The highest BCUT2D eigenvalue weighted by Gasteiger charge is 2.30. The van der Waals surface area contributed by atoms with Crippen molar-refractivity contribution in [2.75, 3.05) is 6.54 Å². The van der Waals surface area contributed by atoms with Gasteiger partial charge in [0.05, 0.1) is 4.90 Å². The van der Waals surface area contributed by atoms with Crippen LogP contribution < -0.4 is 15.8 Å². The van der Waals surface area contributed by atoms with E-state index < -0.39 is 15.6 Å². The molecule has 1 unspecified atom stereocenters. The normalized spacial score (nSPS) is 17.4. The molecular weight excluding hydrogens is 338 g/mol. The first-order valence-electron chi connectivity index (χ1n) is 8.72. The fourth-order valence-electron chi connectivity index (χ4n) is 2.93. The van der Waals surface area contributed by atoms with Gasteiger partial charge < -0.3 is 11.1 Å². The van der Waals surface area contributed by atoms with E-state index in [1.54, 1.807) is 13.0 Å². The Morgan fingerprint density at radius 2 is 2.00 bits per heavy atom. The maximum absolute atomic E-state index is 12.8. The number of nitrogens with two attached hydrogens (primary N) is 1. The van der Waals surface area contributed by atoms with Gasteiger partial charge in [0.15, 0.2) is 0 Å². The molecule has 4 N–H and O–H groups in total. The molecule has 0 heterocycles. The van der Waals surface area contributed by atoms with E-state index in [1.165, 1.54) is 12.1 Å². The fourth-order valence-corrected chi connectivity index (χ4v) is 4.26. The van der Waals surface area contributed by atoms with Crippen LogP contribution >= 0.6 is 0 Å². The highest BCUT2D eigenvalue weighted by atomic mass is 32.2. The lowest BCUT2D eigenvalue weighted by Gasteiger charge is -2.31. The SMILES string of the molecule is Cc1ccc(S(=O)(=O)NC2CC2)cc1C(=O)NC(C)(CN)CC(C)C. The number of carbonyl (C=O) groups is 1. The van der Waals surface area contributed by atoms with Gasteiger partial charge in [-0.05, 0) is 56.7 Å². The molecule has 0 saturated heterocycles. The molecule has 25 heavy (non-hydrogen) atoms. The minimum absolute atomic E-state index is 0.0233. The molecule has 6 nitrogen and oxygen atoms in total. The van der Waals surface area contributed by atoms with E-state index in [0.717, 1.165) is 24.8 Å². The molecule has 2 rings (SSSR count). The van der Waals surface area contributed by atoms with Gasteiger partial charge in [0.25, 0.3) is 5.91 Å². The van der Waals surface area contributed by atoms with Crippen LogP contribution in [0.5, 0.6) is 0 Å². The second-order valence-corrected chi connectivity index (χ2v) is 9.40. The number of hydrogen-bond donors (Lipinski definition) is 3. The zero-order valence-corrected chi connectivity index (χ0v) is 16.2. The predicted molar refractivity (Wildman–Crippen MR) is 98.9 cm³/mol. The van der Waals surface area contributed by atoms with Crippen molar-refractivity contribution in [1.29, 1.82) is 0 Å². The molecular formula is C18H29N3O3S. The van der Waals surface area contributed by atoms with Crippen LogP contribution in [0.15, 0.2) is 23.1 Å². The molecule has 140 valence electrons. The van der Waals surface area contributed by atoms with Crippen molar-refractivity contribution in [3.8, 4) is 0 Å². The van der Waals surface area contributed by atoms with E-state index >= 15 is 0 Å². The number of sulfonamides is 1. The van der Waals surface area contributed by atoms with E-state index in [1.807, 2.05) is 6.92 Å². The third-order valence-corrected chi connectivity index (χ3v) is 5.91. The summed E-state index contributed by atoms with van der Waals surface area (Å²) in [5.74, 6) is 0.0824. The van der Waals surface area contributed by atoms with Gasteiger partial charge in [0.2, 0.25) is 10.0 Å². The van der Waals surface area contributed by atoms with Gasteiger partial charge in [-0.1, -0.05) is 19.9 Å². The molecule has 1 fully saturated rings. The van der Waals surface area contributed by atoms with Crippen molar-refractivity contribution in [3.63, 3.8) is 0 Å². The highest BCUT2D eigenvalue weighted by Crippen LogP contribution is 2.24. The Bertz CT molecular complexity index is 742. The van der Waals surface area contributed by atoms with Crippen LogP contribution in [0.3, 0.4) is 0 Å². The summed E-state index contributed by atoms with van der Waals surface area (Å²) in [6, 6.07) is 4.67. The van der Waals surface area contributed by atoms with Gasteiger partial charge in [-0.25, -0.2) is 13.1 Å². The second kappa shape index (κ2) is 7.43. The van der Waals surface area contributed by atoms with Crippen molar-refractivity contribution in [2.24, 2.45) is 11.7 Å². The molecule has 0 aromatic heterocycles. The Hall–Kier alpha value is -1.44. The zero-order chi connectivity index (χ0) is 18.8. The average Bonchev–Trinajstić information content (AvgIpc) is 3.29. The summed E-state index contributed by atoms with van der Waals surface area (Å²) in [5, 5.41) is 2.98. The number of carbonyl (C=O) groups excluding carboxylic acids is 1. The van der Waals surface area contributed by atoms with E-state index in [4.69, 9.17) is 5.73 Å². The van der Waals surface area contributed by atoms with Crippen LogP contribution in [0.25, 0.3) is 0 Å². The van der Waals surface area contributed by atoms with Crippen molar-refractivity contribution in [3.05, 3.63) is 29.3 Å². The molecule has 0 aliphatic heterocycles. The summed E-state index contributed by atoms with van der Waals surface area (Å²) in [5.41, 5.74) is 6.42. The van der Waals surface area contributed by atoms with E-state index in [0.29, 0.717) is 18.0 Å². The van der Waals surface area contributed by atoms with Gasteiger partial charge in [-0.15, -0.1) is 0 Å². The molecule has 0 radical (unpaired) electrons. The molecule has 1 aromatic carbocycles. The Balaban J connectivity index is 2.25. The zero-order valence-electron chi connectivity index (χ0n) is 15.4. The van der Waals surface area contributed by atoms with E-state index in [-0.39, 0.29) is 16.8 Å². The lowest BCUT2D eigenvalue weighted by atomic mass is 9.90. The summed E-state index contributed by atoms with van der Waals surface area (Å²) < 4.78 is 27.4. The van der Waals surface area contributed by atoms with Crippen LogP contribution in [0.2, 0.25) is 0 Å². The topological polar surface area (TPSA) is 101 Å². The quantitative estimate of drug-likeness (QED) is 0.653. The molecule has 1 atom stereocenters. The number of benzene rings is 1. The van der Waals surface area contributed by atoms with Gasteiger partial charge in [-0.3, -0.25) is 4.79 Å². The highest BCUT2D eigenvalue weighted by molar-refractivity contribution is 7.89. The number of nitrogens with one attached hydrogen (secondary N) is 2. The predicted octanol–water partition coefficient (Wildman–Crippen LogP) is 1.93. The molecule has 0 bridgehead atoms. The van der Waals surface area contributed by atoms with Gasteiger partial charge in [-0.2, -0.15) is 0 Å². The van der Waals surface area contributed by atoms with Crippen LogP contribution in [0.4, 0.5) is 0 Å². The molecule has 1 aromatic rings. The molecule has 1 amide bonds. The number of aryl methyl sites for hydroxylation is 1. The van der Waals surface area contributed by atoms with Crippen LogP contribution in [-0.4, -0.2) is 32.5 Å². The summed E-state index contributed by atoms with van der Waals surface area (Å²) in [6.07, 6.45) is 2.47. The van der Waals surface area contributed by atoms with E-state index in [9.17, 15) is 13.2 Å². The Labute approximate surface area is 150 Å². The monoisotopic (exact) mass is 367 g/mol. The Morgan fingerprint density at radius 1 is 1.36 bits per heavy atom. The number of amides is 1. The molecule has 7 heteroatoms. The summed E-state index contributed by atoms with van der Waals surface area (Å²) >= 11 is 0. The maximum Gasteiger partial charge on any atom is 0.252 e. The molecule has 1 saturated carbocycles. The minimum atomic E-state index is -3.59. The summed E-state index contributed by atoms with van der Waals surface area (Å²) in [7, 11) is -3.59. The Kier molecular flexibility index (Phi) is 5.91. The van der Waals surface area contributed by atoms with Gasteiger partial charge >= 0.3 is 0 Å². The molecule has 0 spiro atoms. The summed E-state index contributed by atoms with van der Waals surface area (Å²) in [6.45, 7) is 8.17.